The summed E-state index contributed by atoms with van der Waals surface area (Å²) in [6, 6.07) is 11.7. The molecule has 2 nitrogen and oxygen atoms in total. The summed E-state index contributed by atoms with van der Waals surface area (Å²) in [5.74, 6) is 0.900. The lowest BCUT2D eigenvalue weighted by Crippen LogP contribution is -2.43. The Bertz CT molecular complexity index is 341. The number of piperidine rings is 1. The first kappa shape index (κ1) is 12.9. The van der Waals surface area contributed by atoms with Crippen molar-refractivity contribution in [2.75, 3.05) is 19.6 Å². The zero-order chi connectivity index (χ0) is 10.8. The number of halogens is 1. The van der Waals surface area contributed by atoms with Crippen LogP contribution in [0, 0.1) is 5.92 Å². The van der Waals surface area contributed by atoms with E-state index in [4.69, 9.17) is 0 Å². The molecule has 0 bridgehead atoms. The summed E-state index contributed by atoms with van der Waals surface area (Å²) in [7, 11) is 0. The van der Waals surface area contributed by atoms with E-state index in [9.17, 15) is 0 Å². The molecule has 2 aliphatic rings. The number of benzene rings is 1. The Morgan fingerprint density at radius 2 is 2.00 bits per heavy atom. The molecule has 0 aromatic heterocycles. The number of fused-ring (bicyclic) bond motifs is 1. The van der Waals surface area contributed by atoms with E-state index in [1.807, 2.05) is 0 Å². The monoisotopic (exact) mass is 252 g/mol. The number of likely N-dealkylation sites (tertiary alicyclic amines) is 1. The van der Waals surface area contributed by atoms with E-state index >= 15 is 0 Å². The van der Waals surface area contributed by atoms with Gasteiger partial charge in [0.05, 0.1) is 0 Å². The molecule has 2 fully saturated rings. The van der Waals surface area contributed by atoms with Crippen molar-refractivity contribution in [2.24, 2.45) is 5.92 Å². The van der Waals surface area contributed by atoms with Crippen LogP contribution >= 0.6 is 12.4 Å². The van der Waals surface area contributed by atoms with Crippen LogP contribution in [0.4, 0.5) is 0 Å². The molecular weight excluding hydrogens is 232 g/mol. The molecule has 0 radical (unpaired) electrons. The third kappa shape index (κ3) is 3.01. The summed E-state index contributed by atoms with van der Waals surface area (Å²) in [6.07, 6.45) is 2.70. The van der Waals surface area contributed by atoms with Crippen LogP contribution in [0.5, 0.6) is 0 Å². The minimum absolute atomic E-state index is 0. The molecule has 0 spiro atoms. The van der Waals surface area contributed by atoms with Gasteiger partial charge < -0.3 is 5.32 Å². The number of nitrogens with one attached hydrogen (secondary N) is 1. The normalized spacial score (nSPS) is 28.5. The molecule has 3 rings (SSSR count). The van der Waals surface area contributed by atoms with Gasteiger partial charge >= 0.3 is 0 Å². The second kappa shape index (κ2) is 5.85. The third-order valence-corrected chi connectivity index (χ3v) is 3.99. The number of nitrogens with zero attached hydrogens (tertiary/aromatic N) is 1. The van der Waals surface area contributed by atoms with Crippen molar-refractivity contribution in [3.05, 3.63) is 35.9 Å². The van der Waals surface area contributed by atoms with Crippen LogP contribution in [-0.4, -0.2) is 30.6 Å². The fourth-order valence-corrected chi connectivity index (χ4v) is 3.11. The molecule has 0 saturated carbocycles. The van der Waals surface area contributed by atoms with Gasteiger partial charge in [0, 0.05) is 19.1 Å². The minimum Gasteiger partial charge on any atom is -0.314 e. The largest absolute Gasteiger partial charge is 0.314 e. The maximum atomic E-state index is 3.62. The maximum absolute atomic E-state index is 3.62. The SMILES string of the molecule is Cl.c1ccc(CN2CCC3NCCC3C2)cc1. The lowest BCUT2D eigenvalue weighted by atomic mass is 9.93. The second-order valence-corrected chi connectivity index (χ2v) is 5.12. The van der Waals surface area contributed by atoms with Gasteiger partial charge in [0.1, 0.15) is 0 Å². The Balaban J connectivity index is 0.00000108. The van der Waals surface area contributed by atoms with E-state index in [0.29, 0.717) is 0 Å². The molecular formula is C14H21ClN2. The van der Waals surface area contributed by atoms with Gasteiger partial charge in [-0.15, -0.1) is 12.4 Å². The minimum atomic E-state index is 0. The summed E-state index contributed by atoms with van der Waals surface area (Å²) < 4.78 is 0. The molecule has 1 aromatic rings. The Morgan fingerprint density at radius 3 is 2.82 bits per heavy atom. The van der Waals surface area contributed by atoms with Gasteiger partial charge in [-0.2, -0.15) is 0 Å². The fraction of sp³-hybridized carbons (Fsp3) is 0.571. The Labute approximate surface area is 110 Å². The highest BCUT2D eigenvalue weighted by atomic mass is 35.5. The molecule has 2 heterocycles. The van der Waals surface area contributed by atoms with Gasteiger partial charge in [-0.1, -0.05) is 30.3 Å². The molecule has 1 aromatic carbocycles. The molecule has 2 unspecified atom stereocenters. The van der Waals surface area contributed by atoms with E-state index in [0.717, 1.165) is 18.5 Å². The predicted octanol–water partition coefficient (Wildman–Crippen LogP) is 2.29. The average Bonchev–Trinajstić information content (AvgIpc) is 2.77. The van der Waals surface area contributed by atoms with E-state index in [-0.39, 0.29) is 12.4 Å². The first-order valence-corrected chi connectivity index (χ1v) is 6.41. The molecule has 2 aliphatic heterocycles. The highest BCUT2D eigenvalue weighted by molar-refractivity contribution is 5.85. The van der Waals surface area contributed by atoms with Crippen LogP contribution in [0.2, 0.25) is 0 Å². The zero-order valence-corrected chi connectivity index (χ0v) is 11.0. The van der Waals surface area contributed by atoms with Crippen LogP contribution in [0.1, 0.15) is 18.4 Å². The quantitative estimate of drug-likeness (QED) is 0.869. The lowest BCUT2D eigenvalue weighted by molar-refractivity contribution is 0.156. The van der Waals surface area contributed by atoms with Crippen LogP contribution < -0.4 is 5.32 Å². The summed E-state index contributed by atoms with van der Waals surface area (Å²) in [5, 5.41) is 3.62. The van der Waals surface area contributed by atoms with Crippen LogP contribution in [0.15, 0.2) is 30.3 Å². The topological polar surface area (TPSA) is 15.3 Å². The Morgan fingerprint density at radius 1 is 1.18 bits per heavy atom. The van der Waals surface area contributed by atoms with E-state index < -0.39 is 0 Å². The summed E-state index contributed by atoms with van der Waals surface area (Å²) in [4.78, 5) is 2.61. The van der Waals surface area contributed by atoms with Crippen LogP contribution in [-0.2, 0) is 6.54 Å². The molecule has 3 heteroatoms. The number of hydrogen-bond acceptors (Lipinski definition) is 2. The first-order valence-electron chi connectivity index (χ1n) is 6.41. The Hall–Kier alpha value is -0.570. The number of hydrogen-bond donors (Lipinski definition) is 1. The van der Waals surface area contributed by atoms with Gasteiger partial charge in [-0.05, 0) is 37.4 Å². The highest BCUT2D eigenvalue weighted by Crippen LogP contribution is 2.25. The van der Waals surface area contributed by atoms with Crippen LogP contribution in [0.25, 0.3) is 0 Å². The highest BCUT2D eigenvalue weighted by Gasteiger charge is 2.32. The smallest absolute Gasteiger partial charge is 0.0233 e. The molecule has 1 N–H and O–H groups in total. The molecule has 0 aliphatic carbocycles. The molecule has 0 amide bonds. The summed E-state index contributed by atoms with van der Waals surface area (Å²) in [6.45, 7) is 4.90. The predicted molar refractivity (Wildman–Crippen MR) is 73.5 cm³/mol. The van der Waals surface area contributed by atoms with Crippen LogP contribution in [0.3, 0.4) is 0 Å². The van der Waals surface area contributed by atoms with E-state index in [1.165, 1.54) is 38.0 Å². The van der Waals surface area contributed by atoms with E-state index in [1.54, 1.807) is 0 Å². The van der Waals surface area contributed by atoms with Gasteiger partial charge in [0.2, 0.25) is 0 Å². The van der Waals surface area contributed by atoms with Crippen molar-refractivity contribution < 1.29 is 0 Å². The maximum Gasteiger partial charge on any atom is 0.0233 e. The van der Waals surface area contributed by atoms with Crippen molar-refractivity contribution in [3.63, 3.8) is 0 Å². The zero-order valence-electron chi connectivity index (χ0n) is 10.1. The number of rotatable bonds is 2. The van der Waals surface area contributed by atoms with Gasteiger partial charge in [-0.25, -0.2) is 0 Å². The van der Waals surface area contributed by atoms with Gasteiger partial charge in [0.25, 0.3) is 0 Å². The average molecular weight is 253 g/mol. The summed E-state index contributed by atoms with van der Waals surface area (Å²) in [5.41, 5.74) is 1.45. The van der Waals surface area contributed by atoms with Crippen molar-refractivity contribution in [3.8, 4) is 0 Å². The van der Waals surface area contributed by atoms with Crippen molar-refractivity contribution >= 4 is 12.4 Å². The Kier molecular flexibility index (Phi) is 4.43. The van der Waals surface area contributed by atoms with Crippen molar-refractivity contribution in [1.82, 2.24) is 10.2 Å². The third-order valence-electron chi connectivity index (χ3n) is 3.99. The second-order valence-electron chi connectivity index (χ2n) is 5.12. The lowest BCUT2D eigenvalue weighted by Gasteiger charge is -2.34. The fourth-order valence-electron chi connectivity index (χ4n) is 3.11. The van der Waals surface area contributed by atoms with Gasteiger partial charge in [-0.3, -0.25) is 4.90 Å². The van der Waals surface area contributed by atoms with Gasteiger partial charge in [0.15, 0.2) is 0 Å². The molecule has 2 atom stereocenters. The first-order chi connectivity index (χ1) is 7.92. The molecule has 94 valence electrons. The standard InChI is InChI=1S/C14H20N2.ClH/c1-2-4-12(5-3-1)10-16-9-7-14-13(11-16)6-8-15-14;/h1-5,13-15H,6-11H2;1H. The van der Waals surface area contributed by atoms with E-state index in [2.05, 4.69) is 40.5 Å². The molecule has 2 saturated heterocycles. The molecule has 17 heavy (non-hydrogen) atoms. The van der Waals surface area contributed by atoms with Crippen molar-refractivity contribution in [2.45, 2.75) is 25.4 Å². The summed E-state index contributed by atoms with van der Waals surface area (Å²) >= 11 is 0. The van der Waals surface area contributed by atoms with Crippen molar-refractivity contribution in [1.29, 1.82) is 0 Å².